The Morgan fingerprint density at radius 1 is 0.200 bits per heavy atom. The lowest BCUT2D eigenvalue weighted by atomic mass is 10.1. The second-order valence-corrected chi connectivity index (χ2v) is 22.3. The Bertz CT molecular complexity index is 4110. The number of rotatable bonds is 8. The van der Waals surface area contributed by atoms with E-state index >= 15 is 0 Å². The average Bonchev–Trinajstić information content (AvgIpc) is 4.07. The minimum absolute atomic E-state index is 1.12. The van der Waals surface area contributed by atoms with Crippen LogP contribution < -0.4 is 20.7 Å². The summed E-state index contributed by atoms with van der Waals surface area (Å²) in [6, 6.07) is 101. The molecule has 14 aromatic rings. The second kappa shape index (κ2) is 16.1. The predicted molar refractivity (Wildman–Crippen MR) is 299 cm³/mol. The van der Waals surface area contributed by atoms with Gasteiger partial charge in [-0.05, 0) is 98.6 Å². The Kier molecular flexibility index (Phi) is 9.23. The van der Waals surface area contributed by atoms with Crippen LogP contribution in [0.25, 0.3) is 93.6 Å². The lowest BCUT2D eigenvalue weighted by Crippen LogP contribution is -2.74. The third kappa shape index (κ3) is 6.07. The van der Waals surface area contributed by atoms with Gasteiger partial charge in [0.15, 0.2) is 8.07 Å². The maximum absolute atomic E-state index is 2.77. The highest BCUT2D eigenvalue weighted by Crippen LogP contribution is 2.40. The highest BCUT2D eigenvalue weighted by Gasteiger charge is 2.41. The molecule has 70 heavy (non-hydrogen) atoms. The van der Waals surface area contributed by atoms with Gasteiger partial charge < -0.3 is 13.7 Å². The van der Waals surface area contributed by atoms with Crippen LogP contribution in [0.1, 0.15) is 0 Å². The Labute approximate surface area is 407 Å². The van der Waals surface area contributed by atoms with Crippen molar-refractivity contribution in [3.63, 3.8) is 0 Å². The summed E-state index contributed by atoms with van der Waals surface area (Å²) in [5, 5.41) is 12.9. The van der Waals surface area contributed by atoms with Crippen molar-refractivity contribution in [1.29, 1.82) is 0 Å². The zero-order valence-electron chi connectivity index (χ0n) is 38.3. The van der Waals surface area contributed by atoms with Gasteiger partial charge in [0, 0.05) is 49.4 Å². The van der Waals surface area contributed by atoms with Gasteiger partial charge in [-0.3, -0.25) is 0 Å². The van der Waals surface area contributed by atoms with Crippen molar-refractivity contribution in [2.45, 2.75) is 0 Å². The summed E-state index contributed by atoms with van der Waals surface area (Å²) < 4.78 is 7.37. The third-order valence-electron chi connectivity index (χ3n) is 14.8. The summed E-state index contributed by atoms with van der Waals surface area (Å²) in [5.41, 5.74) is 12.9. The Balaban J connectivity index is 1.01. The van der Waals surface area contributed by atoms with Crippen molar-refractivity contribution >= 4 is 94.2 Å². The molecule has 0 saturated carbocycles. The molecule has 3 nitrogen and oxygen atoms in total. The number of hydrogen-bond donors (Lipinski definition) is 0. The normalized spacial score (nSPS) is 12.0. The van der Waals surface area contributed by atoms with E-state index < -0.39 is 8.07 Å². The quantitative estimate of drug-likeness (QED) is 0.107. The molecular weight excluding hydrogens is 863 g/mol. The van der Waals surface area contributed by atoms with Gasteiger partial charge in [0.2, 0.25) is 0 Å². The first-order valence-electron chi connectivity index (χ1n) is 24.2. The first-order chi connectivity index (χ1) is 34.7. The minimum Gasteiger partial charge on any atom is -0.309 e. The van der Waals surface area contributed by atoms with Gasteiger partial charge in [0.05, 0.1) is 33.1 Å². The van der Waals surface area contributed by atoms with E-state index in [0.717, 1.165) is 22.6 Å². The van der Waals surface area contributed by atoms with Crippen molar-refractivity contribution in [2.24, 2.45) is 0 Å². The lowest BCUT2D eigenvalue weighted by molar-refractivity contribution is 1.15. The van der Waals surface area contributed by atoms with Crippen LogP contribution in [0.3, 0.4) is 0 Å². The number of hydrogen-bond acceptors (Lipinski definition) is 0. The summed E-state index contributed by atoms with van der Waals surface area (Å²) in [5.74, 6) is 0. The molecule has 0 N–H and O–H groups in total. The maximum atomic E-state index is 2.52. The zero-order valence-corrected chi connectivity index (χ0v) is 39.3. The van der Waals surface area contributed by atoms with Crippen molar-refractivity contribution in [2.75, 3.05) is 0 Å². The van der Waals surface area contributed by atoms with Crippen LogP contribution >= 0.6 is 0 Å². The van der Waals surface area contributed by atoms with Gasteiger partial charge in [0.1, 0.15) is 0 Å². The highest BCUT2D eigenvalue weighted by atomic mass is 28.3. The van der Waals surface area contributed by atoms with E-state index in [1.807, 2.05) is 0 Å². The molecule has 0 radical (unpaired) electrons. The van der Waals surface area contributed by atoms with E-state index in [1.165, 1.54) is 91.8 Å². The van der Waals surface area contributed by atoms with Crippen molar-refractivity contribution in [3.05, 3.63) is 273 Å². The smallest absolute Gasteiger partial charge is 0.179 e. The van der Waals surface area contributed by atoms with Crippen LogP contribution in [0, 0.1) is 0 Å². The number of benzene rings is 11. The molecular formula is C66H45N3Si. The van der Waals surface area contributed by atoms with Crippen molar-refractivity contribution in [3.8, 4) is 28.2 Å². The van der Waals surface area contributed by atoms with Crippen LogP contribution in [0.5, 0.6) is 0 Å². The molecule has 3 heterocycles. The van der Waals surface area contributed by atoms with E-state index in [9.17, 15) is 0 Å². The number of para-hydroxylation sites is 3. The molecule has 0 fully saturated rings. The molecule has 0 bridgehead atoms. The average molecular weight is 908 g/mol. The first-order valence-corrected chi connectivity index (χ1v) is 26.2. The number of fused-ring (bicyclic) bond motifs is 9. The van der Waals surface area contributed by atoms with Crippen LogP contribution in [0.2, 0.25) is 0 Å². The fourth-order valence-electron chi connectivity index (χ4n) is 11.7. The molecule has 0 atom stereocenters. The molecule has 0 aliphatic carbocycles. The first kappa shape index (κ1) is 40.1. The number of aromatic nitrogens is 3. The van der Waals surface area contributed by atoms with Crippen molar-refractivity contribution in [1.82, 2.24) is 13.7 Å². The third-order valence-corrected chi connectivity index (χ3v) is 19.6. The summed E-state index contributed by atoms with van der Waals surface area (Å²) >= 11 is 0. The molecule has 0 unspecified atom stereocenters. The molecule has 328 valence electrons. The van der Waals surface area contributed by atoms with Crippen LogP contribution in [0.4, 0.5) is 0 Å². The summed E-state index contributed by atoms with van der Waals surface area (Å²) in [4.78, 5) is 0. The molecule has 0 spiro atoms. The Morgan fingerprint density at radius 2 is 0.557 bits per heavy atom. The van der Waals surface area contributed by atoms with E-state index in [-0.39, 0.29) is 0 Å². The minimum atomic E-state index is -2.77. The molecule has 0 amide bonds. The standard InChI is InChI=1S/C66H45N3Si/c1-5-19-46(20-6-1)47-33-35-48(36-34-47)67-64-41-38-49(68-61-30-16-13-27-55(61)56-28-14-17-31-62(56)68)43-59(64)58-40-37-50(44-66(58)67)69-63-32-18-15-29-57(63)60-45-54(39-42-65(60)69)70(51-21-7-2-8-22-51,52-23-9-3-10-24-52)53-25-11-4-12-26-53/h1-45H. The fraction of sp³-hybridized carbons (Fsp3) is 0. The SMILES string of the molecule is c1ccc(-c2ccc(-n3c4ccc(-n5c6ccccc6c6ccccc65)cc4c4ccc(-n5c6ccccc6c6cc([Si](c7ccccc7)(c7ccccc7)c7ccccc7)ccc65)cc43)cc2)cc1. The van der Waals surface area contributed by atoms with Gasteiger partial charge in [0.25, 0.3) is 0 Å². The molecule has 4 heteroatoms. The van der Waals surface area contributed by atoms with E-state index in [0.29, 0.717) is 0 Å². The van der Waals surface area contributed by atoms with Gasteiger partial charge in [-0.1, -0.05) is 206 Å². The number of nitrogens with zero attached hydrogens (tertiary/aromatic N) is 3. The predicted octanol–water partition coefficient (Wildman–Crippen LogP) is 14.0. The van der Waals surface area contributed by atoms with Gasteiger partial charge in [-0.2, -0.15) is 0 Å². The summed E-state index contributed by atoms with van der Waals surface area (Å²) in [7, 11) is -2.77. The Morgan fingerprint density at radius 3 is 1.10 bits per heavy atom. The molecule has 0 aliphatic rings. The van der Waals surface area contributed by atoms with E-state index in [4.69, 9.17) is 0 Å². The second-order valence-electron chi connectivity index (χ2n) is 18.5. The molecule has 14 rings (SSSR count). The van der Waals surface area contributed by atoms with Gasteiger partial charge in [-0.15, -0.1) is 0 Å². The Hall–Kier alpha value is -8.96. The van der Waals surface area contributed by atoms with Crippen molar-refractivity contribution < 1.29 is 0 Å². The molecule has 0 aliphatic heterocycles. The fourth-order valence-corrected chi connectivity index (χ4v) is 16.5. The summed E-state index contributed by atoms with van der Waals surface area (Å²) in [6.07, 6.45) is 0. The largest absolute Gasteiger partial charge is 0.309 e. The van der Waals surface area contributed by atoms with Crippen LogP contribution in [-0.2, 0) is 0 Å². The molecule has 0 saturated heterocycles. The monoisotopic (exact) mass is 907 g/mol. The van der Waals surface area contributed by atoms with Crippen LogP contribution in [0.15, 0.2) is 273 Å². The molecule has 11 aromatic carbocycles. The van der Waals surface area contributed by atoms with E-state index in [1.54, 1.807) is 0 Å². The topological polar surface area (TPSA) is 14.8 Å². The maximum Gasteiger partial charge on any atom is 0.179 e. The van der Waals surface area contributed by atoms with Gasteiger partial charge in [-0.25, -0.2) is 0 Å². The summed E-state index contributed by atoms with van der Waals surface area (Å²) in [6.45, 7) is 0. The van der Waals surface area contributed by atoms with Crippen LogP contribution in [-0.4, -0.2) is 21.8 Å². The van der Waals surface area contributed by atoms with Gasteiger partial charge >= 0.3 is 0 Å². The zero-order chi connectivity index (χ0) is 46.2. The lowest BCUT2D eigenvalue weighted by Gasteiger charge is -2.34. The van der Waals surface area contributed by atoms with E-state index in [2.05, 4.69) is 287 Å². The molecule has 3 aromatic heterocycles. The highest BCUT2D eigenvalue weighted by molar-refractivity contribution is 7.20.